The zero-order chi connectivity index (χ0) is 13.1. The van der Waals surface area contributed by atoms with Crippen molar-refractivity contribution in [3.05, 3.63) is 29.8 Å². The van der Waals surface area contributed by atoms with Crippen LogP contribution in [-0.2, 0) is 4.74 Å². The van der Waals surface area contributed by atoms with Crippen LogP contribution in [0.3, 0.4) is 0 Å². The molecule has 2 aliphatic heterocycles. The summed E-state index contributed by atoms with van der Waals surface area (Å²) in [6.45, 7) is 7.46. The van der Waals surface area contributed by atoms with Gasteiger partial charge in [-0.3, -0.25) is 0 Å². The van der Waals surface area contributed by atoms with Gasteiger partial charge in [0.05, 0.1) is 0 Å². The molecule has 1 unspecified atom stereocenters. The quantitative estimate of drug-likeness (QED) is 0.873. The molecule has 1 aromatic carbocycles. The maximum atomic E-state index is 5.45. The largest absolute Gasteiger partial charge is 0.384 e. The number of ether oxygens (including phenoxy) is 1. The van der Waals surface area contributed by atoms with E-state index >= 15 is 0 Å². The summed E-state index contributed by atoms with van der Waals surface area (Å²) in [5.74, 6) is 0.611. The summed E-state index contributed by atoms with van der Waals surface area (Å²) in [6.07, 6.45) is 2.36. The molecule has 0 spiro atoms. The average Bonchev–Trinajstić information content (AvgIpc) is 2.83. The lowest BCUT2D eigenvalue weighted by atomic mass is 9.82. The molecule has 19 heavy (non-hydrogen) atoms. The van der Waals surface area contributed by atoms with Crippen LogP contribution in [0, 0.1) is 5.41 Å². The Morgan fingerprint density at radius 3 is 2.95 bits per heavy atom. The molecule has 3 nitrogen and oxygen atoms in total. The first kappa shape index (κ1) is 12.9. The molecule has 0 aromatic heterocycles. The van der Waals surface area contributed by atoms with Gasteiger partial charge in [0.15, 0.2) is 0 Å². The van der Waals surface area contributed by atoms with Crippen LogP contribution in [0.4, 0.5) is 5.69 Å². The molecule has 0 saturated carbocycles. The first-order valence-electron chi connectivity index (χ1n) is 7.38. The van der Waals surface area contributed by atoms with E-state index in [-0.39, 0.29) is 0 Å². The Hall–Kier alpha value is -1.06. The second kappa shape index (κ2) is 5.51. The van der Waals surface area contributed by atoms with Gasteiger partial charge < -0.3 is 15.4 Å². The van der Waals surface area contributed by atoms with Gasteiger partial charge in [0, 0.05) is 44.5 Å². The normalized spacial score (nSPS) is 24.8. The van der Waals surface area contributed by atoms with E-state index in [1.807, 2.05) is 0 Å². The minimum absolute atomic E-state index is 0.420. The monoisotopic (exact) mass is 260 g/mol. The Labute approximate surface area is 115 Å². The van der Waals surface area contributed by atoms with E-state index in [2.05, 4.69) is 41.8 Å². The molecule has 1 atom stereocenters. The van der Waals surface area contributed by atoms with Crippen LogP contribution in [0.5, 0.6) is 0 Å². The van der Waals surface area contributed by atoms with E-state index in [9.17, 15) is 0 Å². The molecule has 3 rings (SSSR count). The third-order valence-electron chi connectivity index (χ3n) is 4.58. The van der Waals surface area contributed by atoms with Crippen LogP contribution in [-0.4, -0.2) is 32.8 Å². The molecule has 0 amide bonds. The smallest absolute Gasteiger partial charge is 0.0471 e. The highest BCUT2D eigenvalue weighted by Gasteiger charge is 2.28. The molecule has 3 heteroatoms. The van der Waals surface area contributed by atoms with Gasteiger partial charge in [-0.2, -0.15) is 0 Å². The second-order valence-electron chi connectivity index (χ2n) is 6.22. The molecule has 0 bridgehead atoms. The van der Waals surface area contributed by atoms with E-state index in [1.54, 1.807) is 0 Å². The van der Waals surface area contributed by atoms with Gasteiger partial charge in [0.25, 0.3) is 0 Å². The Morgan fingerprint density at radius 1 is 1.32 bits per heavy atom. The summed E-state index contributed by atoms with van der Waals surface area (Å²) < 4.78 is 5.45. The van der Waals surface area contributed by atoms with Crippen molar-refractivity contribution >= 4 is 5.69 Å². The Balaban J connectivity index is 1.51. The highest BCUT2D eigenvalue weighted by atomic mass is 16.5. The predicted molar refractivity (Wildman–Crippen MR) is 78.7 cm³/mol. The summed E-state index contributed by atoms with van der Waals surface area (Å²) in [4.78, 5) is 0. The molecule has 0 radical (unpaired) electrons. The lowest BCUT2D eigenvalue weighted by Crippen LogP contribution is -2.38. The minimum Gasteiger partial charge on any atom is -0.384 e. The van der Waals surface area contributed by atoms with Crippen molar-refractivity contribution in [3.8, 4) is 0 Å². The molecule has 0 aliphatic carbocycles. The van der Waals surface area contributed by atoms with E-state index in [4.69, 9.17) is 4.74 Å². The maximum Gasteiger partial charge on any atom is 0.0471 e. The fourth-order valence-electron chi connectivity index (χ4n) is 3.13. The minimum atomic E-state index is 0.420. The lowest BCUT2D eigenvalue weighted by Gasteiger charge is -2.34. The lowest BCUT2D eigenvalue weighted by molar-refractivity contribution is 0.0241. The van der Waals surface area contributed by atoms with Crippen molar-refractivity contribution in [1.29, 1.82) is 0 Å². The van der Waals surface area contributed by atoms with Gasteiger partial charge in [-0.25, -0.2) is 0 Å². The second-order valence-corrected chi connectivity index (χ2v) is 6.22. The molecule has 104 valence electrons. The third-order valence-corrected chi connectivity index (χ3v) is 4.58. The van der Waals surface area contributed by atoms with Gasteiger partial charge in [-0.1, -0.05) is 25.1 Å². The number of hydrogen-bond acceptors (Lipinski definition) is 3. The van der Waals surface area contributed by atoms with Crippen LogP contribution >= 0.6 is 0 Å². The highest BCUT2D eigenvalue weighted by molar-refractivity contribution is 5.57. The predicted octanol–water partition coefficient (Wildman–Crippen LogP) is 2.60. The third kappa shape index (κ3) is 2.93. The molecule has 2 heterocycles. The first-order chi connectivity index (χ1) is 9.27. The molecule has 1 fully saturated rings. The maximum absolute atomic E-state index is 5.45. The topological polar surface area (TPSA) is 33.3 Å². The fraction of sp³-hybridized carbons (Fsp3) is 0.625. The zero-order valence-corrected chi connectivity index (χ0v) is 11.7. The summed E-state index contributed by atoms with van der Waals surface area (Å²) >= 11 is 0. The average molecular weight is 260 g/mol. The van der Waals surface area contributed by atoms with Crippen molar-refractivity contribution in [2.24, 2.45) is 5.41 Å². The standard InChI is InChI=1S/C16H24N2O/c1-16(6-8-19-9-7-16)12-17-10-13-11-18-15-5-3-2-4-14(13)15/h2-5,13,17-18H,6-12H2,1H3. The van der Waals surface area contributed by atoms with Crippen LogP contribution in [0.25, 0.3) is 0 Å². The Bertz CT molecular complexity index is 427. The van der Waals surface area contributed by atoms with E-state index in [0.717, 1.165) is 32.8 Å². The SMILES string of the molecule is CC1(CNCC2CNc3ccccc32)CCOCC1. The van der Waals surface area contributed by atoms with E-state index < -0.39 is 0 Å². The number of fused-ring (bicyclic) bond motifs is 1. The number of para-hydroxylation sites is 1. The van der Waals surface area contributed by atoms with Crippen molar-refractivity contribution in [3.63, 3.8) is 0 Å². The number of benzene rings is 1. The Kier molecular flexibility index (Phi) is 3.76. The number of rotatable bonds is 4. The number of nitrogens with one attached hydrogen (secondary N) is 2. The van der Waals surface area contributed by atoms with Crippen molar-refractivity contribution < 1.29 is 4.74 Å². The van der Waals surface area contributed by atoms with Crippen molar-refractivity contribution in [2.45, 2.75) is 25.7 Å². The highest BCUT2D eigenvalue weighted by Crippen LogP contribution is 2.31. The van der Waals surface area contributed by atoms with Gasteiger partial charge in [0.1, 0.15) is 0 Å². The van der Waals surface area contributed by atoms with Crippen molar-refractivity contribution in [1.82, 2.24) is 5.32 Å². The first-order valence-corrected chi connectivity index (χ1v) is 7.38. The van der Waals surface area contributed by atoms with Gasteiger partial charge in [0.2, 0.25) is 0 Å². The van der Waals surface area contributed by atoms with Crippen molar-refractivity contribution in [2.75, 3.05) is 38.2 Å². The van der Waals surface area contributed by atoms with Gasteiger partial charge >= 0.3 is 0 Å². The van der Waals surface area contributed by atoms with E-state index in [0.29, 0.717) is 11.3 Å². The van der Waals surface area contributed by atoms with Crippen LogP contribution in [0.15, 0.2) is 24.3 Å². The molecular weight excluding hydrogens is 236 g/mol. The molecular formula is C16H24N2O. The van der Waals surface area contributed by atoms with Crippen LogP contribution in [0.2, 0.25) is 0 Å². The molecule has 1 saturated heterocycles. The number of anilines is 1. The van der Waals surface area contributed by atoms with E-state index in [1.165, 1.54) is 24.1 Å². The molecule has 1 aromatic rings. The molecule has 2 N–H and O–H groups in total. The van der Waals surface area contributed by atoms with Gasteiger partial charge in [-0.05, 0) is 29.9 Å². The Morgan fingerprint density at radius 2 is 2.11 bits per heavy atom. The summed E-state index contributed by atoms with van der Waals surface area (Å²) in [5, 5.41) is 7.17. The number of hydrogen-bond donors (Lipinski definition) is 2. The fourth-order valence-corrected chi connectivity index (χ4v) is 3.13. The molecule has 2 aliphatic rings. The zero-order valence-electron chi connectivity index (χ0n) is 11.7. The summed E-state index contributed by atoms with van der Waals surface area (Å²) in [6, 6.07) is 8.66. The summed E-state index contributed by atoms with van der Waals surface area (Å²) in [7, 11) is 0. The summed E-state index contributed by atoms with van der Waals surface area (Å²) in [5.41, 5.74) is 3.20. The van der Waals surface area contributed by atoms with Gasteiger partial charge in [-0.15, -0.1) is 0 Å². The van der Waals surface area contributed by atoms with Crippen LogP contribution < -0.4 is 10.6 Å². The van der Waals surface area contributed by atoms with Crippen LogP contribution in [0.1, 0.15) is 31.2 Å².